The van der Waals surface area contributed by atoms with Gasteiger partial charge in [0, 0.05) is 24.4 Å². The van der Waals surface area contributed by atoms with E-state index in [0.717, 1.165) is 48.4 Å². The Labute approximate surface area is 167 Å². The van der Waals surface area contributed by atoms with Crippen LogP contribution in [0.2, 0.25) is 0 Å². The summed E-state index contributed by atoms with van der Waals surface area (Å²) in [6.45, 7) is 6.93. The third-order valence-electron chi connectivity index (χ3n) is 5.57. The van der Waals surface area contributed by atoms with Gasteiger partial charge < -0.3 is 5.32 Å². The molecule has 0 unspecified atom stereocenters. The smallest absolute Gasteiger partial charge is 0.291 e. The second-order valence-electron chi connectivity index (χ2n) is 7.40. The van der Waals surface area contributed by atoms with Gasteiger partial charge in [-0.05, 0) is 49.9 Å². The fourth-order valence-electron chi connectivity index (χ4n) is 4.16. The van der Waals surface area contributed by atoms with Gasteiger partial charge in [0.25, 0.3) is 5.56 Å². The summed E-state index contributed by atoms with van der Waals surface area (Å²) < 4.78 is 3.28. The predicted octanol–water partition coefficient (Wildman–Crippen LogP) is 2.26. The molecule has 1 saturated heterocycles. The van der Waals surface area contributed by atoms with E-state index in [0.29, 0.717) is 18.1 Å². The fourth-order valence-corrected chi connectivity index (χ4v) is 5.07. The van der Waals surface area contributed by atoms with Gasteiger partial charge in [-0.2, -0.15) is 5.10 Å². The molecule has 1 fully saturated rings. The topological polar surface area (TPSA) is 71.6 Å². The first-order chi connectivity index (χ1) is 13.6. The first kappa shape index (κ1) is 19.1. The maximum absolute atomic E-state index is 12.9. The second-order valence-corrected chi connectivity index (χ2v) is 8.30. The summed E-state index contributed by atoms with van der Waals surface area (Å²) in [6, 6.07) is 4.32. The zero-order chi connectivity index (χ0) is 19.7. The molecule has 0 saturated carbocycles. The van der Waals surface area contributed by atoms with Crippen LogP contribution >= 0.6 is 11.3 Å². The third-order valence-corrected chi connectivity index (χ3v) is 6.48. The average molecular weight is 402 g/mol. The number of hydrogen-bond donors (Lipinski definition) is 1. The number of thiophene rings is 1. The Hall–Kier alpha value is -2.19. The van der Waals surface area contributed by atoms with E-state index in [1.807, 2.05) is 21.9 Å². The molecular formula is C20H27N5O2S. The van der Waals surface area contributed by atoms with Crippen LogP contribution in [0.5, 0.6) is 0 Å². The molecule has 0 radical (unpaired) electrons. The first-order valence-corrected chi connectivity index (χ1v) is 11.0. The van der Waals surface area contributed by atoms with Gasteiger partial charge in [-0.25, -0.2) is 4.68 Å². The van der Waals surface area contributed by atoms with Gasteiger partial charge >= 0.3 is 0 Å². The van der Waals surface area contributed by atoms with E-state index >= 15 is 0 Å². The number of hydrogen-bond acceptors (Lipinski definition) is 5. The molecule has 28 heavy (non-hydrogen) atoms. The van der Waals surface area contributed by atoms with E-state index in [4.69, 9.17) is 0 Å². The minimum Gasteiger partial charge on any atom is -0.353 e. The lowest BCUT2D eigenvalue weighted by Gasteiger charge is -2.22. The van der Waals surface area contributed by atoms with Crippen molar-refractivity contribution in [1.29, 1.82) is 0 Å². The number of nitrogens with zero attached hydrogens (tertiary/aromatic N) is 4. The summed E-state index contributed by atoms with van der Waals surface area (Å²) in [5, 5.41) is 10.6. The lowest BCUT2D eigenvalue weighted by atomic mass is 10.2. The summed E-state index contributed by atoms with van der Waals surface area (Å²) in [7, 11) is 0. The SMILES string of the molecule is CCCc1nn(CC(=O)NC[C@H]2CCCN2CC)c(=O)c2cc3ccsc3n12. The molecule has 0 aromatic carbocycles. The zero-order valence-corrected chi connectivity index (χ0v) is 17.3. The van der Waals surface area contributed by atoms with Crippen molar-refractivity contribution in [3.8, 4) is 0 Å². The Balaban J connectivity index is 1.57. The number of carbonyl (C=O) groups excluding carboxylic acids is 1. The molecule has 150 valence electrons. The number of aryl methyl sites for hydroxylation is 1. The summed E-state index contributed by atoms with van der Waals surface area (Å²) >= 11 is 1.61. The van der Waals surface area contributed by atoms with Crippen molar-refractivity contribution < 1.29 is 4.79 Å². The maximum atomic E-state index is 12.9. The van der Waals surface area contributed by atoms with E-state index < -0.39 is 0 Å². The summed E-state index contributed by atoms with van der Waals surface area (Å²) in [4.78, 5) is 28.9. The number of likely N-dealkylation sites (N-methyl/N-ethyl adjacent to an activating group) is 1. The lowest BCUT2D eigenvalue weighted by Crippen LogP contribution is -2.42. The van der Waals surface area contributed by atoms with Gasteiger partial charge in [0.05, 0.1) is 0 Å². The normalized spacial score (nSPS) is 17.7. The number of carbonyl (C=O) groups is 1. The van der Waals surface area contributed by atoms with Gasteiger partial charge in [-0.1, -0.05) is 13.8 Å². The van der Waals surface area contributed by atoms with Crippen molar-refractivity contribution in [2.45, 2.75) is 52.1 Å². The molecule has 0 bridgehead atoms. The van der Waals surface area contributed by atoms with E-state index in [1.54, 1.807) is 11.3 Å². The molecule has 0 aliphatic carbocycles. The van der Waals surface area contributed by atoms with E-state index in [9.17, 15) is 9.59 Å². The van der Waals surface area contributed by atoms with Crippen LogP contribution in [0.25, 0.3) is 15.7 Å². The van der Waals surface area contributed by atoms with E-state index in [2.05, 4.69) is 29.2 Å². The van der Waals surface area contributed by atoms with E-state index in [1.165, 1.54) is 11.1 Å². The zero-order valence-electron chi connectivity index (χ0n) is 16.5. The van der Waals surface area contributed by atoms with Crippen molar-refractivity contribution in [2.24, 2.45) is 0 Å². The highest BCUT2D eigenvalue weighted by molar-refractivity contribution is 7.16. The van der Waals surface area contributed by atoms with Gasteiger partial charge in [0.15, 0.2) is 0 Å². The lowest BCUT2D eigenvalue weighted by molar-refractivity contribution is -0.122. The highest BCUT2D eigenvalue weighted by atomic mass is 32.1. The van der Waals surface area contributed by atoms with Gasteiger partial charge in [0.2, 0.25) is 5.91 Å². The number of likely N-dealkylation sites (tertiary alicyclic amines) is 1. The molecule has 1 aliphatic rings. The molecule has 4 rings (SSSR count). The van der Waals surface area contributed by atoms with Crippen LogP contribution in [0.1, 0.15) is 38.9 Å². The Kier molecular flexibility index (Phi) is 5.50. The molecule has 4 heterocycles. The third kappa shape index (κ3) is 3.46. The van der Waals surface area contributed by atoms with Crippen molar-refractivity contribution in [2.75, 3.05) is 19.6 Å². The Morgan fingerprint density at radius 1 is 1.39 bits per heavy atom. The number of aromatic nitrogens is 3. The van der Waals surface area contributed by atoms with Crippen LogP contribution < -0.4 is 10.9 Å². The molecule has 3 aromatic rings. The second kappa shape index (κ2) is 8.05. The quantitative estimate of drug-likeness (QED) is 0.659. The molecule has 1 amide bonds. The van der Waals surface area contributed by atoms with Gasteiger partial charge in [-0.15, -0.1) is 11.3 Å². The van der Waals surface area contributed by atoms with Crippen LogP contribution in [0.3, 0.4) is 0 Å². The summed E-state index contributed by atoms with van der Waals surface area (Å²) in [5.41, 5.74) is 0.385. The molecule has 7 nitrogen and oxygen atoms in total. The summed E-state index contributed by atoms with van der Waals surface area (Å²) in [5.74, 6) is 0.674. The van der Waals surface area contributed by atoms with Crippen LogP contribution in [0, 0.1) is 0 Å². The minimum atomic E-state index is -0.213. The fraction of sp³-hybridized carbons (Fsp3) is 0.550. The molecule has 3 aromatic heterocycles. The Morgan fingerprint density at radius 2 is 2.25 bits per heavy atom. The predicted molar refractivity (Wildman–Crippen MR) is 112 cm³/mol. The minimum absolute atomic E-state index is 0.0380. The number of amides is 1. The van der Waals surface area contributed by atoms with Crippen LogP contribution in [-0.2, 0) is 17.8 Å². The van der Waals surface area contributed by atoms with Gasteiger partial charge in [0.1, 0.15) is 22.7 Å². The summed E-state index contributed by atoms with van der Waals surface area (Å²) in [6.07, 6.45) is 3.97. The molecular weight excluding hydrogens is 374 g/mol. The molecule has 1 N–H and O–H groups in total. The average Bonchev–Trinajstić information content (AvgIpc) is 3.39. The van der Waals surface area contributed by atoms with Crippen molar-refractivity contribution >= 4 is 33.0 Å². The Bertz CT molecular complexity index is 1050. The van der Waals surface area contributed by atoms with Gasteiger partial charge in [-0.3, -0.25) is 18.9 Å². The standard InChI is InChI=1S/C20H27N5O2S/c1-3-6-17-22-24(13-18(26)21-12-15-7-5-9-23(15)4-2)19(27)16-11-14-8-10-28-20(14)25(16)17/h8,10-11,15H,3-7,9,12-13H2,1-2H3,(H,21,26)/t15-/m1/s1. The first-order valence-electron chi connectivity index (χ1n) is 10.1. The highest BCUT2D eigenvalue weighted by Gasteiger charge is 2.23. The largest absolute Gasteiger partial charge is 0.353 e. The molecule has 8 heteroatoms. The van der Waals surface area contributed by atoms with E-state index in [-0.39, 0.29) is 18.0 Å². The monoisotopic (exact) mass is 401 g/mol. The van der Waals surface area contributed by atoms with Crippen molar-refractivity contribution in [3.63, 3.8) is 0 Å². The Morgan fingerprint density at radius 3 is 3.04 bits per heavy atom. The molecule has 0 spiro atoms. The van der Waals surface area contributed by atoms with Crippen molar-refractivity contribution in [3.05, 3.63) is 33.7 Å². The number of rotatable bonds is 7. The molecule has 1 atom stereocenters. The maximum Gasteiger partial charge on any atom is 0.291 e. The van der Waals surface area contributed by atoms with Crippen LogP contribution in [-0.4, -0.2) is 50.7 Å². The van der Waals surface area contributed by atoms with Crippen molar-refractivity contribution in [1.82, 2.24) is 24.4 Å². The highest BCUT2D eigenvalue weighted by Crippen LogP contribution is 2.25. The van der Waals surface area contributed by atoms with Crippen LogP contribution in [0.15, 0.2) is 22.3 Å². The number of nitrogens with one attached hydrogen (secondary N) is 1. The van der Waals surface area contributed by atoms with Crippen LogP contribution in [0.4, 0.5) is 0 Å². The molecule has 1 aliphatic heterocycles. The number of fused-ring (bicyclic) bond motifs is 3.